The first-order valence-electron chi connectivity index (χ1n) is 12.9. The van der Waals surface area contributed by atoms with E-state index < -0.39 is 0 Å². The molecule has 0 radical (unpaired) electrons. The fraction of sp³-hybridized carbons (Fsp3) is 0.258. The highest BCUT2D eigenvalue weighted by Gasteiger charge is 2.29. The summed E-state index contributed by atoms with van der Waals surface area (Å²) in [5.74, 6) is 0.773. The Morgan fingerprint density at radius 1 is 0.811 bits per heavy atom. The van der Waals surface area contributed by atoms with Crippen LogP contribution in [0.1, 0.15) is 24.0 Å². The van der Waals surface area contributed by atoms with E-state index in [-0.39, 0.29) is 17.6 Å². The minimum atomic E-state index is -0.270. The maximum Gasteiger partial charge on any atom is 0.226 e. The molecule has 5 nitrogen and oxygen atoms in total. The molecule has 2 heterocycles. The molecule has 0 bridgehead atoms. The van der Waals surface area contributed by atoms with Crippen molar-refractivity contribution < 1.29 is 9.18 Å². The third kappa shape index (κ3) is 6.39. The summed E-state index contributed by atoms with van der Waals surface area (Å²) in [6, 6.07) is 30.7. The van der Waals surface area contributed by atoms with Crippen molar-refractivity contribution >= 4 is 11.7 Å². The molecule has 0 unspecified atom stereocenters. The zero-order valence-corrected chi connectivity index (χ0v) is 20.8. The largest absolute Gasteiger partial charge is 0.355 e. The van der Waals surface area contributed by atoms with Crippen molar-refractivity contribution in [1.82, 2.24) is 15.1 Å². The van der Waals surface area contributed by atoms with E-state index in [0.717, 1.165) is 49.3 Å². The van der Waals surface area contributed by atoms with Gasteiger partial charge >= 0.3 is 0 Å². The Bertz CT molecular complexity index is 1270. The lowest BCUT2D eigenvalue weighted by molar-refractivity contribution is -0.136. The standard InChI is InChI=1S/C31H31FN4O/c32-28-13-11-26(12-14-28)29-15-16-30(34-33-29)35-21-18-27(19-22-35)31(37)36(23-25-9-5-2-6-10-25)20-17-24-7-3-1-4-8-24/h1-16,27H,17-23H2. The molecular weight excluding hydrogens is 463 g/mol. The Kier molecular flexibility index (Phi) is 7.84. The summed E-state index contributed by atoms with van der Waals surface area (Å²) in [6.07, 6.45) is 2.42. The van der Waals surface area contributed by atoms with E-state index in [4.69, 9.17) is 0 Å². The number of aromatic nitrogens is 2. The minimum absolute atomic E-state index is 0.00202. The molecule has 1 fully saturated rings. The first-order valence-corrected chi connectivity index (χ1v) is 12.9. The highest BCUT2D eigenvalue weighted by atomic mass is 19.1. The molecule has 1 saturated heterocycles. The van der Waals surface area contributed by atoms with Crippen molar-refractivity contribution in [2.45, 2.75) is 25.8 Å². The Hall–Kier alpha value is -4.06. The predicted octanol–water partition coefficient (Wildman–Crippen LogP) is 5.77. The third-order valence-electron chi connectivity index (χ3n) is 7.00. The van der Waals surface area contributed by atoms with Crippen LogP contribution in [0.4, 0.5) is 10.2 Å². The second-order valence-electron chi connectivity index (χ2n) is 9.53. The molecule has 6 heteroatoms. The Morgan fingerprint density at radius 3 is 2.08 bits per heavy atom. The number of rotatable bonds is 8. The number of benzene rings is 3. The summed E-state index contributed by atoms with van der Waals surface area (Å²) in [4.78, 5) is 17.9. The van der Waals surface area contributed by atoms with Gasteiger partial charge in [0.2, 0.25) is 5.91 Å². The summed E-state index contributed by atoms with van der Waals surface area (Å²) >= 11 is 0. The summed E-state index contributed by atoms with van der Waals surface area (Å²) in [6.45, 7) is 2.86. The zero-order valence-electron chi connectivity index (χ0n) is 20.8. The molecule has 3 aromatic carbocycles. The minimum Gasteiger partial charge on any atom is -0.355 e. The van der Waals surface area contributed by atoms with Crippen LogP contribution < -0.4 is 4.90 Å². The van der Waals surface area contributed by atoms with Crippen LogP contribution in [0.2, 0.25) is 0 Å². The number of anilines is 1. The molecule has 0 saturated carbocycles. The SMILES string of the molecule is O=C(C1CCN(c2ccc(-c3ccc(F)cc3)nn2)CC1)N(CCc1ccccc1)Cc1ccccc1. The van der Waals surface area contributed by atoms with Crippen molar-refractivity contribution in [3.8, 4) is 11.3 Å². The van der Waals surface area contributed by atoms with E-state index in [2.05, 4.69) is 39.4 Å². The van der Waals surface area contributed by atoms with Gasteiger partial charge in [0.25, 0.3) is 0 Å². The average Bonchev–Trinajstić information content (AvgIpc) is 2.96. The molecule has 37 heavy (non-hydrogen) atoms. The van der Waals surface area contributed by atoms with Crippen LogP contribution in [0.25, 0.3) is 11.3 Å². The van der Waals surface area contributed by atoms with Gasteiger partial charge in [-0.05, 0) is 66.8 Å². The molecule has 0 aliphatic carbocycles. The van der Waals surface area contributed by atoms with Crippen LogP contribution in [-0.2, 0) is 17.8 Å². The number of halogens is 1. The molecule has 1 amide bonds. The van der Waals surface area contributed by atoms with Crippen molar-refractivity contribution in [1.29, 1.82) is 0 Å². The summed E-state index contributed by atoms with van der Waals surface area (Å²) in [7, 11) is 0. The van der Waals surface area contributed by atoms with Crippen molar-refractivity contribution in [2.75, 3.05) is 24.5 Å². The molecule has 1 aliphatic rings. The maximum absolute atomic E-state index is 13.6. The lowest BCUT2D eigenvalue weighted by Crippen LogP contribution is -2.43. The van der Waals surface area contributed by atoms with Crippen LogP contribution in [0, 0.1) is 11.7 Å². The monoisotopic (exact) mass is 494 g/mol. The van der Waals surface area contributed by atoms with E-state index in [1.807, 2.05) is 53.4 Å². The van der Waals surface area contributed by atoms with Crippen LogP contribution in [0.15, 0.2) is 97.1 Å². The van der Waals surface area contributed by atoms with Gasteiger partial charge in [0, 0.05) is 37.7 Å². The number of hydrogen-bond acceptors (Lipinski definition) is 4. The van der Waals surface area contributed by atoms with E-state index in [0.29, 0.717) is 18.8 Å². The molecule has 188 valence electrons. The normalized spacial score (nSPS) is 13.9. The predicted molar refractivity (Wildman–Crippen MR) is 144 cm³/mol. The Morgan fingerprint density at radius 2 is 1.46 bits per heavy atom. The Balaban J connectivity index is 1.21. The highest BCUT2D eigenvalue weighted by molar-refractivity contribution is 5.79. The van der Waals surface area contributed by atoms with Gasteiger partial charge in [-0.25, -0.2) is 4.39 Å². The van der Waals surface area contributed by atoms with Gasteiger partial charge in [-0.2, -0.15) is 0 Å². The number of amides is 1. The van der Waals surface area contributed by atoms with E-state index in [1.54, 1.807) is 12.1 Å². The second kappa shape index (κ2) is 11.8. The molecular formula is C31H31FN4O. The van der Waals surface area contributed by atoms with Gasteiger partial charge in [-0.15, -0.1) is 10.2 Å². The number of carbonyl (C=O) groups excluding carboxylic acids is 1. The molecule has 0 N–H and O–H groups in total. The van der Waals surface area contributed by atoms with Crippen molar-refractivity contribution in [3.05, 3.63) is 114 Å². The lowest BCUT2D eigenvalue weighted by atomic mass is 9.94. The van der Waals surface area contributed by atoms with Crippen LogP contribution in [0.3, 0.4) is 0 Å². The summed E-state index contributed by atoms with van der Waals surface area (Å²) in [5, 5.41) is 8.76. The number of nitrogens with zero attached hydrogens (tertiary/aromatic N) is 4. The number of hydrogen-bond donors (Lipinski definition) is 0. The van der Waals surface area contributed by atoms with Gasteiger partial charge in [0.15, 0.2) is 5.82 Å². The van der Waals surface area contributed by atoms with Crippen molar-refractivity contribution in [3.63, 3.8) is 0 Å². The average molecular weight is 495 g/mol. The Labute approximate surface area is 217 Å². The molecule has 4 aromatic rings. The van der Waals surface area contributed by atoms with Gasteiger partial charge in [0.05, 0.1) is 5.69 Å². The van der Waals surface area contributed by atoms with Gasteiger partial charge < -0.3 is 9.80 Å². The third-order valence-corrected chi connectivity index (χ3v) is 7.00. The summed E-state index contributed by atoms with van der Waals surface area (Å²) < 4.78 is 13.2. The maximum atomic E-state index is 13.6. The van der Waals surface area contributed by atoms with Crippen molar-refractivity contribution in [2.24, 2.45) is 5.92 Å². The highest BCUT2D eigenvalue weighted by Crippen LogP contribution is 2.25. The van der Waals surface area contributed by atoms with E-state index in [1.165, 1.54) is 17.7 Å². The van der Waals surface area contributed by atoms with E-state index in [9.17, 15) is 9.18 Å². The second-order valence-corrected chi connectivity index (χ2v) is 9.53. The zero-order chi connectivity index (χ0) is 25.5. The molecule has 0 atom stereocenters. The molecule has 1 aromatic heterocycles. The van der Waals surface area contributed by atoms with Crippen LogP contribution in [-0.4, -0.2) is 40.6 Å². The summed E-state index contributed by atoms with van der Waals surface area (Å²) in [5.41, 5.74) is 3.94. The fourth-order valence-electron chi connectivity index (χ4n) is 4.86. The fourth-order valence-corrected chi connectivity index (χ4v) is 4.86. The quantitative estimate of drug-likeness (QED) is 0.312. The van der Waals surface area contributed by atoms with Gasteiger partial charge in [-0.3, -0.25) is 4.79 Å². The molecule has 1 aliphatic heterocycles. The number of carbonyl (C=O) groups is 1. The van der Waals surface area contributed by atoms with E-state index >= 15 is 0 Å². The smallest absolute Gasteiger partial charge is 0.226 e. The lowest BCUT2D eigenvalue weighted by Gasteiger charge is -2.35. The first-order chi connectivity index (χ1) is 18.2. The first kappa shape index (κ1) is 24.6. The topological polar surface area (TPSA) is 49.3 Å². The van der Waals surface area contributed by atoms with Gasteiger partial charge in [0.1, 0.15) is 5.82 Å². The molecule has 5 rings (SSSR count). The van der Waals surface area contributed by atoms with Crippen LogP contribution in [0.5, 0.6) is 0 Å². The van der Waals surface area contributed by atoms with Crippen LogP contribution >= 0.6 is 0 Å². The van der Waals surface area contributed by atoms with Gasteiger partial charge in [-0.1, -0.05) is 60.7 Å². The molecule has 0 spiro atoms. The number of piperidine rings is 1.